The standard InChI is InChI=1S/C22H22N4O3S/c1-13-5-7-14(8-6-13)23-18(27)4-3-11-26-21(28)20-19(25-22(26)30)16-12-15(29-2)9-10-17(16)24-20/h5-10,12,24H,3-4,11H2,1-2H3,(H,23,27)(H,25,30). The number of carbonyl (C=O) groups is 1. The van der Waals surface area contributed by atoms with Crippen LogP contribution in [0.25, 0.3) is 21.9 Å². The topological polar surface area (TPSA) is 91.9 Å². The fourth-order valence-corrected chi connectivity index (χ4v) is 3.73. The molecule has 3 N–H and O–H groups in total. The van der Waals surface area contributed by atoms with Crippen LogP contribution in [0.5, 0.6) is 5.75 Å². The Morgan fingerprint density at radius 2 is 1.90 bits per heavy atom. The Balaban J connectivity index is 1.52. The summed E-state index contributed by atoms with van der Waals surface area (Å²) in [5.41, 5.74) is 3.62. The van der Waals surface area contributed by atoms with Crippen molar-refractivity contribution in [2.75, 3.05) is 12.4 Å². The zero-order valence-electron chi connectivity index (χ0n) is 16.7. The number of aryl methyl sites for hydroxylation is 1. The van der Waals surface area contributed by atoms with E-state index in [2.05, 4.69) is 15.3 Å². The lowest BCUT2D eigenvalue weighted by atomic mass is 10.2. The van der Waals surface area contributed by atoms with E-state index in [1.807, 2.05) is 49.4 Å². The number of rotatable bonds is 6. The lowest BCUT2D eigenvalue weighted by molar-refractivity contribution is -0.116. The molecular weight excluding hydrogens is 400 g/mol. The van der Waals surface area contributed by atoms with Gasteiger partial charge in [0, 0.05) is 29.6 Å². The molecule has 154 valence electrons. The van der Waals surface area contributed by atoms with E-state index in [1.165, 1.54) is 4.57 Å². The second-order valence-electron chi connectivity index (χ2n) is 7.19. The number of aromatic amines is 2. The van der Waals surface area contributed by atoms with Crippen LogP contribution in [0.3, 0.4) is 0 Å². The molecule has 0 unspecified atom stereocenters. The van der Waals surface area contributed by atoms with Gasteiger partial charge in [0.25, 0.3) is 5.56 Å². The first-order valence-corrected chi connectivity index (χ1v) is 10.1. The number of H-pyrrole nitrogens is 2. The minimum Gasteiger partial charge on any atom is -0.497 e. The highest BCUT2D eigenvalue weighted by molar-refractivity contribution is 7.71. The monoisotopic (exact) mass is 422 g/mol. The number of benzene rings is 2. The smallest absolute Gasteiger partial charge is 0.278 e. The van der Waals surface area contributed by atoms with E-state index in [4.69, 9.17) is 17.0 Å². The third kappa shape index (κ3) is 3.86. The SMILES string of the molecule is COc1ccc2[nH]c3c(=O)n(CCCC(=O)Nc4ccc(C)cc4)c(=S)[nH]c3c2c1. The van der Waals surface area contributed by atoms with Gasteiger partial charge in [0.05, 0.1) is 12.6 Å². The number of fused-ring (bicyclic) bond motifs is 3. The van der Waals surface area contributed by atoms with Crippen molar-refractivity contribution >= 4 is 45.7 Å². The van der Waals surface area contributed by atoms with Gasteiger partial charge in [-0.1, -0.05) is 17.7 Å². The largest absolute Gasteiger partial charge is 0.497 e. The fraction of sp³-hybridized carbons (Fsp3) is 0.227. The van der Waals surface area contributed by atoms with Crippen molar-refractivity contribution in [3.63, 3.8) is 0 Å². The molecule has 4 aromatic rings. The fourth-order valence-electron chi connectivity index (χ4n) is 3.45. The number of hydrogen-bond donors (Lipinski definition) is 3. The highest BCUT2D eigenvalue weighted by Crippen LogP contribution is 2.25. The summed E-state index contributed by atoms with van der Waals surface area (Å²) in [5.74, 6) is 0.604. The van der Waals surface area contributed by atoms with E-state index < -0.39 is 0 Å². The molecule has 8 heteroatoms. The molecule has 2 aromatic carbocycles. The normalized spacial score (nSPS) is 11.1. The third-order valence-corrected chi connectivity index (χ3v) is 5.39. The number of aromatic nitrogens is 3. The number of ether oxygens (including phenoxy) is 1. The molecule has 0 saturated heterocycles. The Morgan fingerprint density at radius 3 is 2.63 bits per heavy atom. The van der Waals surface area contributed by atoms with Crippen LogP contribution < -0.4 is 15.6 Å². The first-order valence-electron chi connectivity index (χ1n) is 9.65. The Kier molecular flexibility index (Phi) is 5.41. The molecule has 2 heterocycles. The van der Waals surface area contributed by atoms with Crippen molar-refractivity contribution in [3.8, 4) is 5.75 Å². The minimum absolute atomic E-state index is 0.0967. The van der Waals surface area contributed by atoms with Crippen molar-refractivity contribution in [1.29, 1.82) is 0 Å². The summed E-state index contributed by atoms with van der Waals surface area (Å²) in [6.45, 7) is 2.34. The molecular formula is C22H22N4O3S. The third-order valence-electron chi connectivity index (χ3n) is 5.06. The van der Waals surface area contributed by atoms with Crippen molar-refractivity contribution in [2.45, 2.75) is 26.3 Å². The van der Waals surface area contributed by atoms with Crippen molar-refractivity contribution < 1.29 is 9.53 Å². The lowest BCUT2D eigenvalue weighted by Crippen LogP contribution is -2.23. The first-order chi connectivity index (χ1) is 14.5. The van der Waals surface area contributed by atoms with Crippen LogP contribution in [0, 0.1) is 11.7 Å². The average molecular weight is 423 g/mol. The van der Waals surface area contributed by atoms with Gasteiger partial charge in [0.1, 0.15) is 11.3 Å². The van der Waals surface area contributed by atoms with E-state index in [-0.39, 0.29) is 17.9 Å². The summed E-state index contributed by atoms with van der Waals surface area (Å²) in [6, 6.07) is 13.2. The molecule has 0 aliphatic rings. The molecule has 0 atom stereocenters. The molecule has 2 aromatic heterocycles. The summed E-state index contributed by atoms with van der Waals surface area (Å²) < 4.78 is 7.09. The van der Waals surface area contributed by atoms with Crippen LogP contribution in [-0.2, 0) is 11.3 Å². The molecule has 0 radical (unpaired) electrons. The van der Waals surface area contributed by atoms with Crippen LogP contribution in [-0.4, -0.2) is 27.6 Å². The van der Waals surface area contributed by atoms with Crippen LogP contribution in [0.1, 0.15) is 18.4 Å². The average Bonchev–Trinajstić information content (AvgIpc) is 3.10. The molecule has 0 bridgehead atoms. The lowest BCUT2D eigenvalue weighted by Gasteiger charge is -2.08. The molecule has 4 rings (SSSR count). The quantitative estimate of drug-likeness (QED) is 0.405. The highest BCUT2D eigenvalue weighted by atomic mass is 32.1. The number of hydrogen-bond acceptors (Lipinski definition) is 4. The van der Waals surface area contributed by atoms with E-state index in [1.54, 1.807) is 7.11 Å². The molecule has 1 amide bonds. The van der Waals surface area contributed by atoms with Gasteiger partial charge in [0.15, 0.2) is 4.77 Å². The van der Waals surface area contributed by atoms with Crippen LogP contribution in [0.15, 0.2) is 47.3 Å². The molecule has 0 fully saturated rings. The molecule has 30 heavy (non-hydrogen) atoms. The van der Waals surface area contributed by atoms with Crippen LogP contribution in [0.4, 0.5) is 5.69 Å². The summed E-state index contributed by atoms with van der Waals surface area (Å²) in [6.07, 6.45) is 0.783. The van der Waals surface area contributed by atoms with Crippen molar-refractivity contribution in [2.24, 2.45) is 0 Å². The maximum atomic E-state index is 13.0. The van der Waals surface area contributed by atoms with Gasteiger partial charge >= 0.3 is 0 Å². The summed E-state index contributed by atoms with van der Waals surface area (Å²) >= 11 is 5.42. The number of anilines is 1. The zero-order chi connectivity index (χ0) is 21.3. The van der Waals surface area contributed by atoms with Gasteiger partial charge in [0.2, 0.25) is 5.91 Å². The van der Waals surface area contributed by atoms with Gasteiger partial charge < -0.3 is 20.0 Å². The predicted molar refractivity (Wildman–Crippen MR) is 121 cm³/mol. The van der Waals surface area contributed by atoms with Gasteiger partial charge in [-0.3, -0.25) is 14.2 Å². The number of amides is 1. The van der Waals surface area contributed by atoms with Gasteiger partial charge in [-0.15, -0.1) is 0 Å². The Morgan fingerprint density at radius 1 is 1.13 bits per heavy atom. The number of carbonyl (C=O) groups excluding carboxylic acids is 1. The number of nitrogens with one attached hydrogen (secondary N) is 3. The summed E-state index contributed by atoms with van der Waals surface area (Å²) in [4.78, 5) is 31.5. The summed E-state index contributed by atoms with van der Waals surface area (Å²) in [7, 11) is 1.60. The number of methoxy groups -OCH3 is 1. The van der Waals surface area contributed by atoms with Gasteiger partial charge in [-0.05, 0) is 55.9 Å². The molecule has 0 aliphatic heterocycles. The van der Waals surface area contributed by atoms with Crippen molar-refractivity contribution in [1.82, 2.24) is 14.5 Å². The molecule has 0 saturated carbocycles. The minimum atomic E-state index is -0.206. The maximum Gasteiger partial charge on any atom is 0.278 e. The Hall–Kier alpha value is -3.39. The van der Waals surface area contributed by atoms with Crippen molar-refractivity contribution in [3.05, 3.63) is 63.2 Å². The zero-order valence-corrected chi connectivity index (χ0v) is 17.6. The second kappa shape index (κ2) is 8.16. The first kappa shape index (κ1) is 19.9. The number of nitrogens with zero attached hydrogens (tertiary/aromatic N) is 1. The Bertz CT molecular complexity index is 1350. The van der Waals surface area contributed by atoms with E-state index >= 15 is 0 Å². The molecule has 0 spiro atoms. The van der Waals surface area contributed by atoms with Gasteiger partial charge in [-0.2, -0.15) is 0 Å². The van der Waals surface area contributed by atoms with E-state index in [0.717, 1.165) is 22.2 Å². The molecule has 0 aliphatic carbocycles. The maximum absolute atomic E-state index is 13.0. The predicted octanol–water partition coefficient (Wildman–Crippen LogP) is 4.28. The second-order valence-corrected chi connectivity index (χ2v) is 7.58. The Labute approximate surface area is 177 Å². The highest BCUT2D eigenvalue weighted by Gasteiger charge is 2.13. The molecule has 7 nitrogen and oxygen atoms in total. The van der Waals surface area contributed by atoms with Crippen LogP contribution >= 0.6 is 12.2 Å². The van der Waals surface area contributed by atoms with E-state index in [0.29, 0.717) is 34.5 Å². The van der Waals surface area contributed by atoms with Crippen LogP contribution in [0.2, 0.25) is 0 Å². The summed E-state index contributed by atoms with van der Waals surface area (Å²) in [5, 5.41) is 3.71. The van der Waals surface area contributed by atoms with Gasteiger partial charge in [-0.25, -0.2) is 0 Å². The van der Waals surface area contributed by atoms with E-state index in [9.17, 15) is 9.59 Å².